The highest BCUT2D eigenvalue weighted by atomic mass is 32.2. The molecule has 13 heteroatoms. The lowest BCUT2D eigenvalue weighted by atomic mass is 9.95. The summed E-state index contributed by atoms with van der Waals surface area (Å²) < 4.78 is 51.4. The number of nitrogens with zero attached hydrogens (tertiary/aromatic N) is 3. The maximum atomic E-state index is 13.0. The van der Waals surface area contributed by atoms with Crippen molar-refractivity contribution in [2.24, 2.45) is 0 Å². The summed E-state index contributed by atoms with van der Waals surface area (Å²) in [6.45, 7) is 5.89. The van der Waals surface area contributed by atoms with Gasteiger partial charge in [0.05, 0.1) is 23.5 Å². The zero-order valence-electron chi connectivity index (χ0n) is 21.2. The van der Waals surface area contributed by atoms with E-state index in [1.54, 1.807) is 17.6 Å². The van der Waals surface area contributed by atoms with Crippen molar-refractivity contribution < 1.29 is 32.2 Å². The van der Waals surface area contributed by atoms with Crippen molar-refractivity contribution in [3.05, 3.63) is 64.3 Å². The molecule has 4 rings (SSSR count). The monoisotopic (exact) mass is 580 g/mol. The van der Waals surface area contributed by atoms with E-state index in [-0.39, 0.29) is 30.6 Å². The van der Waals surface area contributed by atoms with Gasteiger partial charge in [-0.3, -0.25) is 9.36 Å². The van der Waals surface area contributed by atoms with Crippen molar-refractivity contribution in [3.63, 3.8) is 0 Å². The summed E-state index contributed by atoms with van der Waals surface area (Å²) in [5, 5.41) is 12.0. The number of thiophene rings is 1. The number of fused-ring (bicyclic) bond motifs is 1. The Morgan fingerprint density at radius 2 is 2.05 bits per heavy atom. The van der Waals surface area contributed by atoms with Crippen LogP contribution in [-0.4, -0.2) is 39.0 Å². The first-order chi connectivity index (χ1) is 18.7. The number of alkyl halides is 3. The number of carbonyl (C=O) groups is 2. The molecule has 0 fully saturated rings. The van der Waals surface area contributed by atoms with Gasteiger partial charge in [-0.05, 0) is 56.4 Å². The van der Waals surface area contributed by atoms with Gasteiger partial charge in [0, 0.05) is 11.4 Å². The summed E-state index contributed by atoms with van der Waals surface area (Å²) in [5.74, 6) is -0.349. The van der Waals surface area contributed by atoms with E-state index in [1.807, 2.05) is 0 Å². The maximum absolute atomic E-state index is 13.0. The third kappa shape index (κ3) is 7.01. The van der Waals surface area contributed by atoms with Crippen LogP contribution in [0.1, 0.15) is 52.0 Å². The molecule has 0 unspecified atom stereocenters. The van der Waals surface area contributed by atoms with Crippen molar-refractivity contribution in [2.45, 2.75) is 57.1 Å². The fourth-order valence-electron chi connectivity index (χ4n) is 4.12. The van der Waals surface area contributed by atoms with E-state index in [1.165, 1.54) is 23.5 Å². The largest absolute Gasteiger partial charge is 0.486 e. The second-order valence-electron chi connectivity index (χ2n) is 8.58. The Labute approximate surface area is 231 Å². The molecule has 0 atom stereocenters. The van der Waals surface area contributed by atoms with Crippen LogP contribution in [0.25, 0.3) is 0 Å². The van der Waals surface area contributed by atoms with Crippen LogP contribution in [-0.2, 0) is 41.7 Å². The van der Waals surface area contributed by atoms with Crippen molar-refractivity contribution in [3.8, 4) is 5.75 Å². The Kier molecular flexibility index (Phi) is 9.33. The van der Waals surface area contributed by atoms with Gasteiger partial charge in [0.15, 0.2) is 11.0 Å². The second-order valence-corrected chi connectivity index (χ2v) is 10.6. The highest BCUT2D eigenvalue weighted by molar-refractivity contribution is 7.99. The number of hydrogen-bond donors (Lipinski definition) is 1. The van der Waals surface area contributed by atoms with Crippen molar-refractivity contribution in [1.29, 1.82) is 0 Å². The van der Waals surface area contributed by atoms with Crippen LogP contribution >= 0.6 is 23.1 Å². The number of thioether (sulfide) groups is 1. The number of carbonyl (C=O) groups excluding carboxylic acids is 2. The first-order valence-electron chi connectivity index (χ1n) is 12.3. The highest BCUT2D eigenvalue weighted by Crippen LogP contribution is 2.39. The number of halogens is 3. The number of hydrogen-bond acceptors (Lipinski definition) is 8. The molecule has 3 aromatic rings. The highest BCUT2D eigenvalue weighted by Gasteiger charge is 2.31. The molecule has 0 saturated carbocycles. The van der Waals surface area contributed by atoms with Crippen molar-refractivity contribution in [2.75, 3.05) is 17.7 Å². The summed E-state index contributed by atoms with van der Waals surface area (Å²) in [6.07, 6.45) is 0.804. The molecule has 1 aliphatic rings. The number of esters is 1. The predicted octanol–water partition coefficient (Wildman–Crippen LogP) is 5.91. The van der Waals surface area contributed by atoms with E-state index in [2.05, 4.69) is 22.1 Å². The molecule has 0 saturated heterocycles. The summed E-state index contributed by atoms with van der Waals surface area (Å²) >= 11 is 2.55. The molecule has 0 radical (unpaired) electrons. The molecule has 0 aliphatic heterocycles. The van der Waals surface area contributed by atoms with Gasteiger partial charge in [-0.15, -0.1) is 28.1 Å². The fourth-order valence-corrected chi connectivity index (χ4v) is 6.18. The minimum absolute atomic E-state index is 0.00536. The number of ether oxygens (including phenoxy) is 2. The number of rotatable bonds is 11. The van der Waals surface area contributed by atoms with E-state index >= 15 is 0 Å². The molecule has 8 nitrogen and oxygen atoms in total. The van der Waals surface area contributed by atoms with Crippen LogP contribution < -0.4 is 10.1 Å². The van der Waals surface area contributed by atoms with Gasteiger partial charge >= 0.3 is 12.1 Å². The summed E-state index contributed by atoms with van der Waals surface area (Å²) in [7, 11) is 0. The third-order valence-electron chi connectivity index (χ3n) is 5.87. The number of benzene rings is 1. The summed E-state index contributed by atoms with van der Waals surface area (Å²) in [4.78, 5) is 26.6. The molecule has 1 aliphatic carbocycles. The van der Waals surface area contributed by atoms with Crippen LogP contribution in [0.5, 0.6) is 5.75 Å². The number of aryl methyl sites for hydroxylation is 1. The maximum Gasteiger partial charge on any atom is 0.416 e. The molecular weight excluding hydrogens is 553 g/mol. The summed E-state index contributed by atoms with van der Waals surface area (Å²) in [6, 6.07) is 4.58. The van der Waals surface area contributed by atoms with E-state index < -0.39 is 17.7 Å². The number of allylic oxidation sites excluding steroid dienone is 1. The van der Waals surface area contributed by atoms with Gasteiger partial charge in [0.25, 0.3) is 0 Å². The van der Waals surface area contributed by atoms with E-state index in [0.29, 0.717) is 28.1 Å². The Balaban J connectivity index is 1.42. The average Bonchev–Trinajstić information content (AvgIpc) is 3.46. The molecular formula is C26H27F3N4O4S2. The second kappa shape index (κ2) is 12.7. The summed E-state index contributed by atoms with van der Waals surface area (Å²) in [5.41, 5.74) is 0.593. The molecule has 39 heavy (non-hydrogen) atoms. The lowest BCUT2D eigenvalue weighted by Gasteiger charge is -2.12. The zero-order valence-corrected chi connectivity index (χ0v) is 22.8. The smallest absolute Gasteiger partial charge is 0.416 e. The van der Waals surface area contributed by atoms with E-state index in [4.69, 9.17) is 9.47 Å². The van der Waals surface area contributed by atoms with Crippen LogP contribution in [0.2, 0.25) is 0 Å². The number of anilines is 1. The van der Waals surface area contributed by atoms with Gasteiger partial charge in [0.1, 0.15) is 17.4 Å². The molecule has 208 valence electrons. The third-order valence-corrected chi connectivity index (χ3v) is 8.04. The van der Waals surface area contributed by atoms with E-state index in [9.17, 15) is 22.8 Å². The van der Waals surface area contributed by atoms with Gasteiger partial charge < -0.3 is 14.8 Å². The SMILES string of the molecule is C=CCn1c(COc2cccc(C(F)(F)F)c2)nnc1SCC(=O)Nc1sc2c(c1C(=O)OCC)CCCC2. The average molecular weight is 581 g/mol. The Morgan fingerprint density at radius 1 is 1.26 bits per heavy atom. The molecule has 2 heterocycles. The lowest BCUT2D eigenvalue weighted by molar-refractivity contribution is -0.137. The first kappa shape index (κ1) is 28.7. The topological polar surface area (TPSA) is 95.3 Å². The van der Waals surface area contributed by atoms with Crippen LogP contribution in [0.4, 0.5) is 18.2 Å². The van der Waals surface area contributed by atoms with Crippen LogP contribution in [0, 0.1) is 0 Å². The normalized spacial score (nSPS) is 13.0. The zero-order chi connectivity index (χ0) is 28.0. The Morgan fingerprint density at radius 3 is 2.79 bits per heavy atom. The molecule has 1 N–H and O–H groups in total. The standard InChI is InChI=1S/C26H27F3N4O4S2/c1-3-12-33-20(14-37-17-9-7-8-16(13-17)26(27,28)29)31-32-25(33)38-15-21(34)30-23-22(24(35)36-4-2)18-10-5-6-11-19(18)39-23/h3,7-9,13H,1,4-6,10-12,14-15H2,2H3,(H,30,34). The first-order valence-corrected chi connectivity index (χ1v) is 14.1. The lowest BCUT2D eigenvalue weighted by Crippen LogP contribution is -2.17. The van der Waals surface area contributed by atoms with Crippen LogP contribution in [0.3, 0.4) is 0 Å². The minimum atomic E-state index is -4.48. The van der Waals surface area contributed by atoms with Crippen molar-refractivity contribution >= 4 is 40.0 Å². The van der Waals surface area contributed by atoms with Crippen molar-refractivity contribution in [1.82, 2.24) is 14.8 Å². The Bertz CT molecular complexity index is 1350. The molecule has 0 bridgehead atoms. The number of aromatic nitrogens is 3. The minimum Gasteiger partial charge on any atom is -0.486 e. The quantitative estimate of drug-likeness (QED) is 0.171. The molecule has 0 spiro atoms. The molecule has 1 amide bonds. The molecule has 2 aromatic heterocycles. The molecule has 1 aromatic carbocycles. The van der Waals surface area contributed by atoms with Gasteiger partial charge in [-0.25, -0.2) is 4.79 Å². The fraction of sp³-hybridized carbons (Fsp3) is 0.385. The number of nitrogens with one attached hydrogen (secondary N) is 1. The Hall–Kier alpha value is -3.32. The van der Waals surface area contributed by atoms with Gasteiger partial charge in [0.2, 0.25) is 5.91 Å². The predicted molar refractivity (Wildman–Crippen MR) is 142 cm³/mol. The van der Waals surface area contributed by atoms with Crippen LogP contribution in [0.15, 0.2) is 42.1 Å². The van der Waals surface area contributed by atoms with Gasteiger partial charge in [-0.1, -0.05) is 23.9 Å². The van der Waals surface area contributed by atoms with Gasteiger partial charge in [-0.2, -0.15) is 13.2 Å². The number of amides is 1. The van der Waals surface area contributed by atoms with E-state index in [0.717, 1.165) is 60.0 Å².